The molecule has 6 rings (SSSR count). The number of benzene rings is 4. The number of hydrogen-bond donors (Lipinski definition) is 2. The highest BCUT2D eigenvalue weighted by Crippen LogP contribution is 2.38. The highest BCUT2D eigenvalue weighted by atomic mass is 79.9. The van der Waals surface area contributed by atoms with Gasteiger partial charge in [0.05, 0.1) is 18.9 Å². The fourth-order valence-electron chi connectivity index (χ4n) is 4.53. The first kappa shape index (κ1) is 27.4. The van der Waals surface area contributed by atoms with Crippen molar-refractivity contribution in [2.75, 3.05) is 13.9 Å². The molecule has 2 N–H and O–H groups in total. The molecule has 11 heteroatoms. The molecule has 9 nitrogen and oxygen atoms in total. The summed E-state index contributed by atoms with van der Waals surface area (Å²) in [6.45, 7) is 0.105. The number of aromatic nitrogens is 1. The van der Waals surface area contributed by atoms with Crippen molar-refractivity contribution in [2.45, 2.75) is 0 Å². The van der Waals surface area contributed by atoms with E-state index < -0.39 is 11.9 Å². The molecule has 1 aliphatic rings. The lowest BCUT2D eigenvalue weighted by atomic mass is 10.0. The lowest BCUT2D eigenvalue weighted by Crippen LogP contribution is -2.19. The van der Waals surface area contributed by atoms with E-state index in [4.69, 9.17) is 30.5 Å². The highest BCUT2D eigenvalue weighted by Gasteiger charge is 2.21. The quantitative estimate of drug-likeness (QED) is 0.0855. The van der Waals surface area contributed by atoms with Gasteiger partial charge in [-0.3, -0.25) is 4.79 Å². The zero-order chi connectivity index (χ0) is 29.2. The third-order valence-electron chi connectivity index (χ3n) is 6.51. The molecule has 1 aromatic heterocycles. The van der Waals surface area contributed by atoms with Crippen LogP contribution in [0.1, 0.15) is 26.4 Å². The Morgan fingerprint density at radius 3 is 2.67 bits per heavy atom. The van der Waals surface area contributed by atoms with Crippen LogP contribution in [0.5, 0.6) is 23.0 Å². The van der Waals surface area contributed by atoms with E-state index >= 15 is 0 Å². The van der Waals surface area contributed by atoms with Crippen LogP contribution in [-0.4, -0.2) is 37.0 Å². The van der Waals surface area contributed by atoms with Gasteiger partial charge in [-0.05, 0) is 66.2 Å². The molecule has 0 unspecified atom stereocenters. The summed E-state index contributed by atoms with van der Waals surface area (Å²) in [5.74, 6) is 0.535. The van der Waals surface area contributed by atoms with Crippen LogP contribution in [0.15, 0.2) is 88.4 Å². The van der Waals surface area contributed by atoms with Gasteiger partial charge in [0.2, 0.25) is 6.79 Å². The number of nitrogens with zero attached hydrogens (tertiary/aromatic N) is 1. The summed E-state index contributed by atoms with van der Waals surface area (Å²) in [5.41, 5.74) is 5.95. The summed E-state index contributed by atoms with van der Waals surface area (Å²) < 4.78 is 22.4. The number of ether oxygens (including phenoxy) is 4. The number of fused-ring (bicyclic) bond motifs is 2. The Balaban J connectivity index is 1.20. The molecule has 0 aliphatic carbocycles. The number of esters is 1. The second-order valence-electron chi connectivity index (χ2n) is 9.11. The van der Waals surface area contributed by atoms with Crippen LogP contribution >= 0.6 is 27.5 Å². The van der Waals surface area contributed by atoms with Crippen LogP contribution in [-0.2, 0) is 0 Å². The monoisotopic (exact) mass is 645 g/mol. The predicted octanol–water partition coefficient (Wildman–Crippen LogP) is 6.97. The van der Waals surface area contributed by atoms with Crippen molar-refractivity contribution in [1.29, 1.82) is 0 Å². The number of carbonyl (C=O) groups excluding carboxylic acids is 2. The Bertz CT molecular complexity index is 1890. The molecular formula is C31H21BrClN3O6. The summed E-state index contributed by atoms with van der Waals surface area (Å²) >= 11 is 10.0. The van der Waals surface area contributed by atoms with E-state index in [0.717, 1.165) is 15.4 Å². The molecular weight excluding hydrogens is 626 g/mol. The normalized spacial score (nSPS) is 12.1. The molecule has 210 valence electrons. The average Bonchev–Trinajstić information content (AvgIpc) is 3.62. The minimum atomic E-state index is -0.583. The van der Waals surface area contributed by atoms with Crippen molar-refractivity contribution in [3.63, 3.8) is 0 Å². The molecule has 0 spiro atoms. The molecule has 4 aromatic carbocycles. The summed E-state index contributed by atoms with van der Waals surface area (Å²) in [7, 11) is 1.46. The first-order chi connectivity index (χ1) is 20.4. The van der Waals surface area contributed by atoms with Crippen molar-refractivity contribution < 1.29 is 28.5 Å². The second-order valence-corrected chi connectivity index (χ2v) is 10.4. The Hall–Kier alpha value is -4.80. The minimum absolute atomic E-state index is 0.105. The van der Waals surface area contributed by atoms with E-state index in [1.165, 1.54) is 13.3 Å². The number of H-pyrrole nitrogens is 1. The summed E-state index contributed by atoms with van der Waals surface area (Å²) in [6, 6.07) is 22.7. The van der Waals surface area contributed by atoms with Crippen LogP contribution in [0.2, 0.25) is 5.02 Å². The van der Waals surface area contributed by atoms with Crippen molar-refractivity contribution >= 4 is 56.5 Å². The first-order valence-corrected chi connectivity index (χ1v) is 13.8. The summed E-state index contributed by atoms with van der Waals surface area (Å²) in [5, 5.41) is 5.49. The number of hydrogen-bond acceptors (Lipinski definition) is 7. The minimum Gasteiger partial charge on any atom is -0.493 e. The van der Waals surface area contributed by atoms with Gasteiger partial charge < -0.3 is 23.9 Å². The second kappa shape index (κ2) is 11.6. The number of methoxy groups -OCH3 is 1. The standard InChI is InChI=1S/C31H21BrClN3O6/c1-39-26-12-17(6-10-25(26)42-31(38)18-7-11-24-27(13-18)41-16-40-24)15-34-36-30(37)29-28(20-4-2-3-5-22(20)33)21-14-19(32)8-9-23(21)35-29/h2-15,35H,16H2,1H3,(H,36,37). The number of halogens is 2. The van der Waals surface area contributed by atoms with Gasteiger partial charge in [-0.1, -0.05) is 45.7 Å². The Labute approximate surface area is 253 Å². The maximum absolute atomic E-state index is 13.3. The molecule has 0 fully saturated rings. The number of nitrogens with one attached hydrogen (secondary N) is 2. The van der Waals surface area contributed by atoms with E-state index in [-0.39, 0.29) is 12.5 Å². The van der Waals surface area contributed by atoms with Gasteiger partial charge in [0.1, 0.15) is 5.69 Å². The molecule has 0 saturated carbocycles. The van der Waals surface area contributed by atoms with Gasteiger partial charge in [-0.15, -0.1) is 0 Å². The number of carbonyl (C=O) groups is 2. The lowest BCUT2D eigenvalue weighted by molar-refractivity contribution is 0.0729. The fourth-order valence-corrected chi connectivity index (χ4v) is 5.12. The Morgan fingerprint density at radius 2 is 1.83 bits per heavy atom. The van der Waals surface area contributed by atoms with Crippen molar-refractivity contribution in [3.8, 4) is 34.1 Å². The lowest BCUT2D eigenvalue weighted by Gasteiger charge is -2.10. The van der Waals surface area contributed by atoms with Crippen LogP contribution in [0, 0.1) is 0 Å². The number of hydrazone groups is 1. The van der Waals surface area contributed by atoms with Crippen LogP contribution in [0.3, 0.4) is 0 Å². The molecule has 1 aliphatic heterocycles. The van der Waals surface area contributed by atoms with Gasteiger partial charge in [0.25, 0.3) is 5.91 Å². The zero-order valence-corrected chi connectivity index (χ0v) is 24.3. The maximum Gasteiger partial charge on any atom is 0.343 e. The fraction of sp³-hybridized carbons (Fsp3) is 0.0645. The third kappa shape index (κ3) is 5.41. The molecule has 0 bridgehead atoms. The summed E-state index contributed by atoms with van der Waals surface area (Å²) in [4.78, 5) is 29.2. The molecule has 42 heavy (non-hydrogen) atoms. The van der Waals surface area contributed by atoms with Crippen molar-refractivity contribution in [1.82, 2.24) is 10.4 Å². The summed E-state index contributed by atoms with van der Waals surface area (Å²) in [6.07, 6.45) is 1.46. The van der Waals surface area contributed by atoms with Crippen LogP contribution < -0.4 is 24.4 Å². The zero-order valence-electron chi connectivity index (χ0n) is 21.9. The van der Waals surface area contributed by atoms with Gasteiger partial charge in [-0.25, -0.2) is 10.2 Å². The van der Waals surface area contributed by atoms with E-state index in [2.05, 4.69) is 31.4 Å². The SMILES string of the molecule is COc1cc(C=NNC(=O)c2[nH]c3ccc(Br)cc3c2-c2ccccc2Cl)ccc1OC(=O)c1ccc2c(c1)OCO2. The first-order valence-electron chi connectivity index (χ1n) is 12.6. The van der Waals surface area contributed by atoms with E-state index in [1.54, 1.807) is 42.5 Å². The van der Waals surface area contributed by atoms with E-state index in [0.29, 0.717) is 50.2 Å². The smallest absolute Gasteiger partial charge is 0.343 e. The van der Waals surface area contributed by atoms with Crippen molar-refractivity contribution in [3.05, 3.63) is 105 Å². The van der Waals surface area contributed by atoms with Crippen molar-refractivity contribution in [2.24, 2.45) is 5.10 Å². The number of aromatic amines is 1. The van der Waals surface area contributed by atoms with E-state index in [1.807, 2.05) is 36.4 Å². The van der Waals surface area contributed by atoms with E-state index in [9.17, 15) is 9.59 Å². The predicted molar refractivity (Wildman–Crippen MR) is 162 cm³/mol. The van der Waals surface area contributed by atoms with Gasteiger partial charge in [0, 0.05) is 31.5 Å². The van der Waals surface area contributed by atoms with Gasteiger partial charge in [-0.2, -0.15) is 5.10 Å². The third-order valence-corrected chi connectivity index (χ3v) is 7.33. The Morgan fingerprint density at radius 1 is 1.00 bits per heavy atom. The maximum atomic E-state index is 13.3. The van der Waals surface area contributed by atoms with Crippen LogP contribution in [0.25, 0.3) is 22.0 Å². The topological polar surface area (TPSA) is 111 Å². The molecule has 2 heterocycles. The van der Waals surface area contributed by atoms with Gasteiger partial charge >= 0.3 is 5.97 Å². The van der Waals surface area contributed by atoms with Crippen LogP contribution in [0.4, 0.5) is 0 Å². The largest absolute Gasteiger partial charge is 0.493 e. The molecule has 0 saturated heterocycles. The molecule has 1 amide bonds. The molecule has 5 aromatic rings. The molecule has 0 radical (unpaired) electrons. The number of amides is 1. The number of rotatable bonds is 7. The Kier molecular flexibility index (Phi) is 7.56. The van der Waals surface area contributed by atoms with Gasteiger partial charge in [0.15, 0.2) is 23.0 Å². The average molecular weight is 647 g/mol. The highest BCUT2D eigenvalue weighted by molar-refractivity contribution is 9.10. The molecule has 0 atom stereocenters.